The second kappa shape index (κ2) is 4.49. The van der Waals surface area contributed by atoms with Crippen LogP contribution in [0.4, 0.5) is 0 Å². The largest absolute Gasteiger partial charge is 0.342 e. The molecule has 2 heterocycles. The third kappa shape index (κ3) is 2.05. The Morgan fingerprint density at radius 3 is 2.78 bits per heavy atom. The molecule has 0 saturated heterocycles. The van der Waals surface area contributed by atoms with Crippen LogP contribution in [0.15, 0.2) is 49.1 Å². The molecule has 0 bridgehead atoms. The molecule has 4 heteroatoms. The average Bonchev–Trinajstić information content (AvgIpc) is 3.02. The Kier molecular flexibility index (Phi) is 2.68. The lowest BCUT2D eigenvalue weighted by atomic mass is 10.2. The van der Waals surface area contributed by atoms with E-state index in [-0.39, 0.29) is 0 Å². The van der Waals surface area contributed by atoms with Crippen molar-refractivity contribution in [2.24, 2.45) is 0 Å². The molecule has 0 aliphatic carbocycles. The van der Waals surface area contributed by atoms with Gasteiger partial charge in [0.1, 0.15) is 5.82 Å². The SMILES string of the molecule is Cc1[nH]c(-c2ccccc2)nc1Cn1ccnc1. The molecule has 0 radical (unpaired) electrons. The number of hydrogen-bond acceptors (Lipinski definition) is 2. The Labute approximate surface area is 105 Å². The van der Waals surface area contributed by atoms with Gasteiger partial charge in [-0.05, 0) is 6.92 Å². The van der Waals surface area contributed by atoms with E-state index in [1.165, 1.54) is 0 Å². The molecule has 0 atom stereocenters. The maximum absolute atomic E-state index is 4.65. The minimum atomic E-state index is 0.745. The van der Waals surface area contributed by atoms with Crippen molar-refractivity contribution < 1.29 is 0 Å². The van der Waals surface area contributed by atoms with Gasteiger partial charge in [0.05, 0.1) is 18.6 Å². The number of benzene rings is 1. The van der Waals surface area contributed by atoms with Crippen LogP contribution in [0.1, 0.15) is 11.4 Å². The molecular weight excluding hydrogens is 224 g/mol. The van der Waals surface area contributed by atoms with Crippen molar-refractivity contribution in [2.75, 3.05) is 0 Å². The highest BCUT2D eigenvalue weighted by Crippen LogP contribution is 2.17. The van der Waals surface area contributed by atoms with E-state index in [1.54, 1.807) is 12.5 Å². The molecule has 0 fully saturated rings. The van der Waals surface area contributed by atoms with Crippen LogP contribution in [-0.2, 0) is 6.54 Å². The van der Waals surface area contributed by atoms with Crippen molar-refractivity contribution in [2.45, 2.75) is 13.5 Å². The summed E-state index contributed by atoms with van der Waals surface area (Å²) in [5.74, 6) is 0.920. The summed E-state index contributed by atoms with van der Waals surface area (Å²) in [5, 5.41) is 0. The first-order valence-electron chi connectivity index (χ1n) is 5.89. The van der Waals surface area contributed by atoms with Gasteiger partial charge in [-0.3, -0.25) is 0 Å². The van der Waals surface area contributed by atoms with Crippen LogP contribution in [0.25, 0.3) is 11.4 Å². The van der Waals surface area contributed by atoms with E-state index in [4.69, 9.17) is 0 Å². The second-order valence-corrected chi connectivity index (χ2v) is 4.26. The van der Waals surface area contributed by atoms with Gasteiger partial charge in [-0.2, -0.15) is 0 Å². The molecule has 0 saturated carbocycles. The first-order valence-corrected chi connectivity index (χ1v) is 5.89. The standard InChI is InChI=1S/C14H14N4/c1-11-13(9-18-8-7-15-10-18)17-14(16-11)12-5-3-2-4-6-12/h2-8,10H,9H2,1H3,(H,16,17). The lowest BCUT2D eigenvalue weighted by Crippen LogP contribution is -1.98. The van der Waals surface area contributed by atoms with Gasteiger partial charge in [-0.25, -0.2) is 9.97 Å². The lowest BCUT2D eigenvalue weighted by molar-refractivity contribution is 0.773. The third-order valence-corrected chi connectivity index (χ3v) is 2.92. The molecule has 90 valence electrons. The second-order valence-electron chi connectivity index (χ2n) is 4.26. The summed E-state index contributed by atoms with van der Waals surface area (Å²) in [5.41, 5.74) is 3.26. The van der Waals surface area contributed by atoms with Crippen LogP contribution in [0.5, 0.6) is 0 Å². The fraction of sp³-hybridized carbons (Fsp3) is 0.143. The molecule has 3 rings (SSSR count). The predicted octanol–water partition coefficient (Wildman–Crippen LogP) is 2.63. The van der Waals surface area contributed by atoms with Crippen LogP contribution in [0, 0.1) is 6.92 Å². The zero-order chi connectivity index (χ0) is 12.4. The van der Waals surface area contributed by atoms with Gasteiger partial charge in [0.15, 0.2) is 0 Å². The van der Waals surface area contributed by atoms with Gasteiger partial charge in [0, 0.05) is 23.7 Å². The molecule has 0 aliphatic heterocycles. The van der Waals surface area contributed by atoms with E-state index in [0.29, 0.717) is 0 Å². The van der Waals surface area contributed by atoms with E-state index in [1.807, 2.05) is 35.9 Å². The van der Waals surface area contributed by atoms with Crippen molar-refractivity contribution in [3.8, 4) is 11.4 Å². The molecular formula is C14H14N4. The summed E-state index contributed by atoms with van der Waals surface area (Å²) in [6.45, 7) is 2.79. The van der Waals surface area contributed by atoms with E-state index in [0.717, 1.165) is 29.3 Å². The number of hydrogen-bond donors (Lipinski definition) is 1. The van der Waals surface area contributed by atoms with Crippen molar-refractivity contribution in [3.63, 3.8) is 0 Å². The summed E-state index contributed by atoms with van der Waals surface area (Å²) >= 11 is 0. The average molecular weight is 238 g/mol. The van der Waals surface area contributed by atoms with Crippen LogP contribution in [0.2, 0.25) is 0 Å². The van der Waals surface area contributed by atoms with Crippen LogP contribution in [-0.4, -0.2) is 19.5 Å². The number of aromatic nitrogens is 4. The fourth-order valence-corrected chi connectivity index (χ4v) is 1.94. The van der Waals surface area contributed by atoms with Crippen LogP contribution >= 0.6 is 0 Å². The van der Waals surface area contributed by atoms with Gasteiger partial charge in [-0.1, -0.05) is 30.3 Å². The van der Waals surface area contributed by atoms with E-state index in [9.17, 15) is 0 Å². The fourth-order valence-electron chi connectivity index (χ4n) is 1.94. The Morgan fingerprint density at radius 1 is 1.22 bits per heavy atom. The van der Waals surface area contributed by atoms with Crippen molar-refractivity contribution in [1.29, 1.82) is 0 Å². The van der Waals surface area contributed by atoms with Crippen LogP contribution in [0.3, 0.4) is 0 Å². The third-order valence-electron chi connectivity index (χ3n) is 2.92. The molecule has 0 aliphatic rings. The number of nitrogens with one attached hydrogen (secondary N) is 1. The highest BCUT2D eigenvalue weighted by atomic mass is 15.0. The number of aromatic amines is 1. The van der Waals surface area contributed by atoms with E-state index >= 15 is 0 Å². The first-order chi connectivity index (χ1) is 8.83. The monoisotopic (exact) mass is 238 g/mol. The van der Waals surface area contributed by atoms with Gasteiger partial charge < -0.3 is 9.55 Å². The first kappa shape index (κ1) is 10.8. The van der Waals surface area contributed by atoms with Crippen molar-refractivity contribution in [1.82, 2.24) is 19.5 Å². The molecule has 1 N–H and O–H groups in total. The van der Waals surface area contributed by atoms with Gasteiger partial charge in [-0.15, -0.1) is 0 Å². The molecule has 0 amide bonds. The van der Waals surface area contributed by atoms with E-state index in [2.05, 4.69) is 27.1 Å². The number of rotatable bonds is 3. The summed E-state index contributed by atoms with van der Waals surface area (Å²) in [6.07, 6.45) is 5.52. The molecule has 3 aromatic rings. The Bertz CT molecular complexity index is 623. The molecule has 2 aromatic heterocycles. The zero-order valence-electron chi connectivity index (χ0n) is 10.2. The summed E-state index contributed by atoms with van der Waals surface area (Å²) in [7, 11) is 0. The minimum absolute atomic E-state index is 0.745. The van der Waals surface area contributed by atoms with Crippen LogP contribution < -0.4 is 0 Å². The summed E-state index contributed by atoms with van der Waals surface area (Å²) in [4.78, 5) is 12.0. The molecule has 4 nitrogen and oxygen atoms in total. The Morgan fingerprint density at radius 2 is 2.06 bits per heavy atom. The maximum Gasteiger partial charge on any atom is 0.137 e. The number of nitrogens with zero attached hydrogens (tertiary/aromatic N) is 3. The normalized spacial score (nSPS) is 10.7. The van der Waals surface area contributed by atoms with Gasteiger partial charge in [0.2, 0.25) is 0 Å². The lowest BCUT2D eigenvalue weighted by Gasteiger charge is -1.98. The zero-order valence-corrected chi connectivity index (χ0v) is 10.2. The Balaban J connectivity index is 1.91. The van der Waals surface area contributed by atoms with E-state index < -0.39 is 0 Å². The smallest absolute Gasteiger partial charge is 0.137 e. The van der Waals surface area contributed by atoms with Gasteiger partial charge >= 0.3 is 0 Å². The molecule has 0 spiro atoms. The topological polar surface area (TPSA) is 46.5 Å². The number of imidazole rings is 2. The van der Waals surface area contributed by atoms with Crippen molar-refractivity contribution >= 4 is 0 Å². The van der Waals surface area contributed by atoms with Gasteiger partial charge in [0.25, 0.3) is 0 Å². The maximum atomic E-state index is 4.65. The number of aryl methyl sites for hydroxylation is 1. The van der Waals surface area contributed by atoms with Crippen molar-refractivity contribution in [3.05, 3.63) is 60.4 Å². The highest BCUT2D eigenvalue weighted by Gasteiger charge is 2.08. The Hall–Kier alpha value is -2.36. The number of H-pyrrole nitrogens is 1. The summed E-state index contributed by atoms with van der Waals surface area (Å²) < 4.78 is 2.01. The molecule has 18 heavy (non-hydrogen) atoms. The summed E-state index contributed by atoms with van der Waals surface area (Å²) in [6, 6.07) is 10.1. The molecule has 0 unspecified atom stereocenters. The quantitative estimate of drug-likeness (QED) is 0.762. The predicted molar refractivity (Wildman–Crippen MR) is 70.1 cm³/mol. The minimum Gasteiger partial charge on any atom is -0.342 e. The highest BCUT2D eigenvalue weighted by molar-refractivity contribution is 5.55. The molecule has 1 aromatic carbocycles.